The molecule has 0 aliphatic carbocycles. The Bertz CT molecular complexity index is 338. The summed E-state index contributed by atoms with van der Waals surface area (Å²) < 4.78 is 0. The lowest BCUT2D eigenvalue weighted by molar-refractivity contribution is 0.268. The van der Waals surface area contributed by atoms with Gasteiger partial charge in [0.15, 0.2) is 5.96 Å². The van der Waals surface area contributed by atoms with Crippen molar-refractivity contribution >= 4 is 5.96 Å². The molecule has 0 spiro atoms. The van der Waals surface area contributed by atoms with Gasteiger partial charge in [0.1, 0.15) is 0 Å². The summed E-state index contributed by atoms with van der Waals surface area (Å²) in [6.45, 7) is 3.48. The van der Waals surface area contributed by atoms with Crippen LogP contribution in [-0.4, -0.2) is 30.8 Å². The van der Waals surface area contributed by atoms with Crippen LogP contribution in [0.2, 0.25) is 0 Å². The maximum absolute atomic E-state index is 9.34. The van der Waals surface area contributed by atoms with E-state index in [0.29, 0.717) is 12.5 Å². The Morgan fingerprint density at radius 1 is 1.41 bits per heavy atom. The van der Waals surface area contributed by atoms with Gasteiger partial charge in [-0.1, -0.05) is 37.3 Å². The molecule has 1 atom stereocenters. The molecular formula is C13H21N3O. The summed E-state index contributed by atoms with van der Waals surface area (Å²) in [7, 11) is 0. The van der Waals surface area contributed by atoms with Crippen LogP contribution in [0.3, 0.4) is 0 Å². The molecule has 94 valence electrons. The Kier molecular flexibility index (Phi) is 6.10. The van der Waals surface area contributed by atoms with Gasteiger partial charge in [-0.25, -0.2) is 0 Å². The second kappa shape index (κ2) is 7.68. The molecule has 0 aliphatic heterocycles. The van der Waals surface area contributed by atoms with Crippen molar-refractivity contribution in [2.45, 2.75) is 19.3 Å². The van der Waals surface area contributed by atoms with Gasteiger partial charge in [0.25, 0.3) is 0 Å². The van der Waals surface area contributed by atoms with Crippen LogP contribution in [0, 0.1) is 0 Å². The highest BCUT2D eigenvalue weighted by atomic mass is 16.3. The molecule has 0 radical (unpaired) electrons. The van der Waals surface area contributed by atoms with Crippen molar-refractivity contribution in [3.05, 3.63) is 35.9 Å². The molecule has 1 unspecified atom stereocenters. The maximum Gasteiger partial charge on any atom is 0.188 e. The van der Waals surface area contributed by atoms with E-state index in [1.54, 1.807) is 0 Å². The lowest BCUT2D eigenvalue weighted by Crippen LogP contribution is -2.32. The third-order valence-corrected chi connectivity index (χ3v) is 2.53. The van der Waals surface area contributed by atoms with Crippen LogP contribution in [0.15, 0.2) is 35.3 Å². The summed E-state index contributed by atoms with van der Waals surface area (Å²) in [5.74, 6) is 0.458. The van der Waals surface area contributed by atoms with Gasteiger partial charge in [0.2, 0.25) is 0 Å². The molecule has 4 nitrogen and oxygen atoms in total. The highest BCUT2D eigenvalue weighted by Crippen LogP contribution is 2.14. The Labute approximate surface area is 103 Å². The van der Waals surface area contributed by atoms with Gasteiger partial charge in [-0.3, -0.25) is 4.99 Å². The van der Waals surface area contributed by atoms with Crippen molar-refractivity contribution in [2.75, 3.05) is 19.7 Å². The van der Waals surface area contributed by atoms with Crippen LogP contribution in [0.4, 0.5) is 0 Å². The Hall–Kier alpha value is -1.55. The van der Waals surface area contributed by atoms with Crippen LogP contribution in [0.25, 0.3) is 0 Å². The van der Waals surface area contributed by atoms with E-state index >= 15 is 0 Å². The van der Waals surface area contributed by atoms with Crippen molar-refractivity contribution in [2.24, 2.45) is 10.7 Å². The van der Waals surface area contributed by atoms with Crippen molar-refractivity contribution in [1.82, 2.24) is 5.32 Å². The normalized spacial score (nSPS) is 13.4. The molecule has 0 aliphatic rings. The number of rotatable bonds is 6. The second-order valence-corrected chi connectivity index (χ2v) is 3.94. The van der Waals surface area contributed by atoms with E-state index in [1.807, 2.05) is 30.3 Å². The summed E-state index contributed by atoms with van der Waals surface area (Å²) in [6, 6.07) is 9.86. The summed E-state index contributed by atoms with van der Waals surface area (Å²) in [4.78, 5) is 4.23. The van der Waals surface area contributed by atoms with Gasteiger partial charge < -0.3 is 16.2 Å². The number of hydrogen-bond donors (Lipinski definition) is 3. The van der Waals surface area contributed by atoms with Crippen molar-refractivity contribution in [3.63, 3.8) is 0 Å². The standard InChI is InChI=1S/C13H21N3O/c1-2-8-15-13(14)16-9-12(10-17)11-6-4-3-5-7-11/h3-7,12,17H,2,8-10H2,1H3,(H3,14,15,16). The summed E-state index contributed by atoms with van der Waals surface area (Å²) in [5.41, 5.74) is 6.78. The number of hydrogen-bond acceptors (Lipinski definition) is 2. The van der Waals surface area contributed by atoms with Crippen LogP contribution in [0.1, 0.15) is 24.8 Å². The zero-order chi connectivity index (χ0) is 12.5. The predicted octanol–water partition coefficient (Wildman–Crippen LogP) is 1.08. The number of nitrogens with zero attached hydrogens (tertiary/aromatic N) is 1. The molecule has 0 bridgehead atoms. The van der Waals surface area contributed by atoms with E-state index in [4.69, 9.17) is 5.73 Å². The Morgan fingerprint density at radius 3 is 2.71 bits per heavy atom. The first-order valence-electron chi connectivity index (χ1n) is 5.97. The number of nitrogens with two attached hydrogens (primary N) is 1. The molecular weight excluding hydrogens is 214 g/mol. The average Bonchev–Trinajstić information content (AvgIpc) is 2.38. The van der Waals surface area contributed by atoms with Crippen LogP contribution < -0.4 is 11.1 Å². The molecule has 0 amide bonds. The minimum absolute atomic E-state index is 0.0122. The number of guanidine groups is 1. The zero-order valence-electron chi connectivity index (χ0n) is 10.3. The van der Waals surface area contributed by atoms with Gasteiger partial charge in [-0.15, -0.1) is 0 Å². The molecule has 1 aromatic carbocycles. The molecule has 0 heterocycles. The van der Waals surface area contributed by atoms with E-state index in [9.17, 15) is 5.11 Å². The summed E-state index contributed by atoms with van der Waals surface area (Å²) in [5, 5.41) is 12.3. The fourth-order valence-electron chi connectivity index (χ4n) is 1.51. The maximum atomic E-state index is 9.34. The number of aliphatic hydroxyl groups is 1. The summed E-state index contributed by atoms with van der Waals surface area (Å²) in [6.07, 6.45) is 1.01. The van der Waals surface area contributed by atoms with Crippen molar-refractivity contribution in [1.29, 1.82) is 0 Å². The third kappa shape index (κ3) is 4.87. The van der Waals surface area contributed by atoms with Crippen molar-refractivity contribution in [3.8, 4) is 0 Å². The summed E-state index contributed by atoms with van der Waals surface area (Å²) >= 11 is 0. The highest BCUT2D eigenvalue weighted by Gasteiger charge is 2.08. The van der Waals surface area contributed by atoms with E-state index < -0.39 is 0 Å². The molecule has 0 aromatic heterocycles. The largest absolute Gasteiger partial charge is 0.396 e. The van der Waals surface area contributed by atoms with Gasteiger partial charge >= 0.3 is 0 Å². The zero-order valence-corrected chi connectivity index (χ0v) is 10.3. The topological polar surface area (TPSA) is 70.6 Å². The average molecular weight is 235 g/mol. The van der Waals surface area contributed by atoms with E-state index in [2.05, 4.69) is 17.2 Å². The first-order valence-corrected chi connectivity index (χ1v) is 5.97. The molecule has 4 N–H and O–H groups in total. The second-order valence-electron chi connectivity index (χ2n) is 3.94. The minimum atomic E-state index is 0.0122. The van der Waals surface area contributed by atoms with Crippen LogP contribution in [0.5, 0.6) is 0 Å². The fourth-order valence-corrected chi connectivity index (χ4v) is 1.51. The smallest absolute Gasteiger partial charge is 0.188 e. The molecule has 0 saturated carbocycles. The van der Waals surface area contributed by atoms with Gasteiger partial charge in [-0.05, 0) is 12.0 Å². The van der Waals surface area contributed by atoms with Gasteiger partial charge in [0.05, 0.1) is 13.2 Å². The molecule has 0 fully saturated rings. The molecule has 0 saturated heterocycles. The number of aliphatic imine (C=N–C) groups is 1. The van der Waals surface area contributed by atoms with Crippen LogP contribution >= 0.6 is 0 Å². The monoisotopic (exact) mass is 235 g/mol. The third-order valence-electron chi connectivity index (χ3n) is 2.53. The van der Waals surface area contributed by atoms with Gasteiger partial charge in [0, 0.05) is 12.5 Å². The lowest BCUT2D eigenvalue weighted by Gasteiger charge is -2.12. The Balaban J connectivity index is 2.53. The van der Waals surface area contributed by atoms with E-state index in [1.165, 1.54) is 0 Å². The van der Waals surface area contributed by atoms with Gasteiger partial charge in [-0.2, -0.15) is 0 Å². The number of benzene rings is 1. The fraction of sp³-hybridized carbons (Fsp3) is 0.462. The minimum Gasteiger partial charge on any atom is -0.396 e. The molecule has 1 aromatic rings. The first-order chi connectivity index (χ1) is 8.27. The molecule has 4 heteroatoms. The van der Waals surface area contributed by atoms with E-state index in [0.717, 1.165) is 18.5 Å². The molecule has 1 rings (SSSR count). The first kappa shape index (κ1) is 13.5. The molecule has 17 heavy (non-hydrogen) atoms. The SMILES string of the molecule is CCCNC(N)=NCC(CO)c1ccccc1. The quantitative estimate of drug-likeness (QED) is 0.510. The predicted molar refractivity (Wildman–Crippen MR) is 71.1 cm³/mol. The lowest BCUT2D eigenvalue weighted by atomic mass is 10.0. The Morgan fingerprint density at radius 2 is 2.12 bits per heavy atom. The van der Waals surface area contributed by atoms with Crippen molar-refractivity contribution < 1.29 is 5.11 Å². The highest BCUT2D eigenvalue weighted by molar-refractivity contribution is 5.77. The van der Waals surface area contributed by atoms with E-state index in [-0.39, 0.29) is 12.5 Å². The number of aliphatic hydroxyl groups excluding tert-OH is 1. The number of nitrogens with one attached hydrogen (secondary N) is 1. The van der Waals surface area contributed by atoms with Crippen LogP contribution in [-0.2, 0) is 0 Å².